The van der Waals surface area contributed by atoms with Gasteiger partial charge in [0.05, 0.1) is 11.6 Å². The van der Waals surface area contributed by atoms with Crippen LogP contribution in [-0.4, -0.2) is 23.8 Å². The summed E-state index contributed by atoms with van der Waals surface area (Å²) in [5.41, 5.74) is 15.0. The summed E-state index contributed by atoms with van der Waals surface area (Å²) in [6, 6.07) is 26.2. The predicted octanol–water partition coefficient (Wildman–Crippen LogP) is 8.00. The summed E-state index contributed by atoms with van der Waals surface area (Å²) < 4.78 is 0. The number of hydrogen-bond acceptors (Lipinski definition) is 2. The van der Waals surface area contributed by atoms with Gasteiger partial charge in [0.1, 0.15) is 5.84 Å². The van der Waals surface area contributed by atoms with Crippen LogP contribution in [0.4, 0.5) is 0 Å². The van der Waals surface area contributed by atoms with Gasteiger partial charge < -0.3 is 4.90 Å². The molecule has 0 spiro atoms. The Labute approximate surface area is 224 Å². The van der Waals surface area contributed by atoms with Crippen LogP contribution in [0.2, 0.25) is 0 Å². The van der Waals surface area contributed by atoms with Crippen LogP contribution in [0.1, 0.15) is 59.4 Å². The van der Waals surface area contributed by atoms with Crippen LogP contribution in [0.3, 0.4) is 0 Å². The first-order valence-electron chi connectivity index (χ1n) is 13.7. The zero-order valence-electron chi connectivity index (χ0n) is 21.5. The Hall–Kier alpha value is -4.35. The molecule has 2 heteroatoms. The van der Waals surface area contributed by atoms with Gasteiger partial charge in [-0.3, -0.25) is 4.99 Å². The summed E-state index contributed by atoms with van der Waals surface area (Å²) in [7, 11) is 2.10. The van der Waals surface area contributed by atoms with E-state index in [-0.39, 0.29) is 6.04 Å². The second-order valence-electron chi connectivity index (χ2n) is 10.8. The largest absolute Gasteiger partial charge is 0.330 e. The van der Waals surface area contributed by atoms with Gasteiger partial charge in [0.15, 0.2) is 0 Å². The minimum absolute atomic E-state index is 0.141. The highest BCUT2D eigenvalue weighted by atomic mass is 15.2. The van der Waals surface area contributed by atoms with Crippen molar-refractivity contribution in [3.63, 3.8) is 0 Å². The molecule has 0 saturated carbocycles. The van der Waals surface area contributed by atoms with E-state index in [1.54, 1.807) is 11.1 Å². The van der Waals surface area contributed by atoms with E-state index in [4.69, 9.17) is 4.99 Å². The lowest BCUT2D eigenvalue weighted by molar-refractivity contribution is 0.601. The highest BCUT2D eigenvalue weighted by Crippen LogP contribution is 2.54. The van der Waals surface area contributed by atoms with Crippen molar-refractivity contribution in [2.75, 3.05) is 7.05 Å². The number of benzene rings is 2. The number of likely N-dealkylation sites (N-methyl/N-ethyl adjacent to an activating group) is 1. The van der Waals surface area contributed by atoms with Crippen LogP contribution < -0.4 is 0 Å². The van der Waals surface area contributed by atoms with E-state index in [1.165, 1.54) is 51.1 Å². The average molecular weight is 489 g/mol. The number of fused-ring (bicyclic) bond motifs is 4. The maximum Gasteiger partial charge on any atom is 0.144 e. The van der Waals surface area contributed by atoms with Gasteiger partial charge in [-0.2, -0.15) is 0 Å². The number of aliphatic imine (C=N–C) groups is 1. The topological polar surface area (TPSA) is 15.6 Å². The summed E-state index contributed by atoms with van der Waals surface area (Å²) in [5.74, 6) is 1.50. The van der Waals surface area contributed by atoms with Crippen molar-refractivity contribution in [2.24, 2.45) is 4.99 Å². The van der Waals surface area contributed by atoms with Gasteiger partial charge in [0, 0.05) is 25.1 Å². The maximum atomic E-state index is 5.10. The minimum atomic E-state index is 0.141. The van der Waals surface area contributed by atoms with Crippen molar-refractivity contribution in [3.05, 3.63) is 136 Å². The molecule has 0 fully saturated rings. The third kappa shape index (κ3) is 3.18. The third-order valence-corrected chi connectivity index (χ3v) is 8.78. The van der Waals surface area contributed by atoms with Gasteiger partial charge in [-0.15, -0.1) is 0 Å². The highest BCUT2D eigenvalue weighted by Gasteiger charge is 2.36. The first kappa shape index (κ1) is 21.7. The van der Waals surface area contributed by atoms with Crippen LogP contribution in [0, 0.1) is 12.1 Å². The molecule has 0 bridgehead atoms. The summed E-state index contributed by atoms with van der Waals surface area (Å²) in [4.78, 5) is 7.30. The van der Waals surface area contributed by atoms with Gasteiger partial charge in [-0.1, -0.05) is 78.9 Å². The number of allylic oxidation sites excluding steroid dienone is 7. The standard InChI is InChI=1S/C36H28N2/c1-38-34-20-17-25(22-33(34)37-36(38)23-9-3-2-4-10-23)24-11-7-12-26(21-24)27-18-19-32-29-14-6-5-13-28(29)31-16-8-15-30(27)35(31)32/h2-3,7-9,11-15,17-21,31,33H,5-6,16,22H2,1H3. The molecule has 38 heavy (non-hydrogen) atoms. The van der Waals surface area contributed by atoms with E-state index in [0.717, 1.165) is 30.7 Å². The molecule has 3 aromatic carbocycles. The smallest absolute Gasteiger partial charge is 0.144 e. The SMILES string of the molecule is CN1C2=CC=C(c3cccc(-c4ccc5c6c4C=CCC6C4=CCCC=C45)c3)CC2N=C1c1c#cccc1. The summed E-state index contributed by atoms with van der Waals surface area (Å²) in [5, 5.41) is 0. The molecule has 182 valence electrons. The predicted molar refractivity (Wildman–Crippen MR) is 156 cm³/mol. The van der Waals surface area contributed by atoms with E-state index in [0.29, 0.717) is 5.92 Å². The first-order valence-corrected chi connectivity index (χ1v) is 13.7. The molecular formula is C36H28N2. The zero-order chi connectivity index (χ0) is 25.2. The van der Waals surface area contributed by atoms with Crippen LogP contribution in [0.5, 0.6) is 0 Å². The highest BCUT2D eigenvalue weighted by molar-refractivity contribution is 6.01. The summed E-state index contributed by atoms with van der Waals surface area (Å²) in [6.45, 7) is 0. The molecule has 5 aliphatic rings. The van der Waals surface area contributed by atoms with Crippen LogP contribution >= 0.6 is 0 Å². The molecule has 1 aliphatic heterocycles. The molecule has 0 N–H and O–H groups in total. The van der Waals surface area contributed by atoms with Crippen molar-refractivity contribution < 1.29 is 0 Å². The summed E-state index contributed by atoms with van der Waals surface area (Å²) in [6.07, 6.45) is 18.6. The molecule has 3 aromatic rings. The summed E-state index contributed by atoms with van der Waals surface area (Å²) >= 11 is 0. The zero-order valence-corrected chi connectivity index (χ0v) is 21.5. The van der Waals surface area contributed by atoms with E-state index in [2.05, 4.69) is 103 Å². The molecule has 0 aromatic heterocycles. The van der Waals surface area contributed by atoms with Gasteiger partial charge >= 0.3 is 0 Å². The maximum absolute atomic E-state index is 5.10. The molecule has 0 radical (unpaired) electrons. The molecule has 0 saturated heterocycles. The molecule has 0 amide bonds. The van der Waals surface area contributed by atoms with Crippen molar-refractivity contribution in [3.8, 4) is 11.1 Å². The lowest BCUT2D eigenvalue weighted by atomic mass is 9.82. The van der Waals surface area contributed by atoms with E-state index in [1.807, 2.05) is 12.1 Å². The number of nitrogens with zero attached hydrogens (tertiary/aromatic N) is 2. The first-order chi connectivity index (χ1) is 18.8. The van der Waals surface area contributed by atoms with E-state index in [9.17, 15) is 0 Å². The fraction of sp³-hybridized carbons (Fsp3) is 0.194. The lowest BCUT2D eigenvalue weighted by Gasteiger charge is -2.23. The Kier molecular flexibility index (Phi) is 4.76. The number of amidine groups is 1. The molecular weight excluding hydrogens is 460 g/mol. The van der Waals surface area contributed by atoms with Gasteiger partial charge in [-0.25, -0.2) is 0 Å². The average Bonchev–Trinajstić information content (AvgIpc) is 3.49. The molecule has 1 heterocycles. The lowest BCUT2D eigenvalue weighted by Crippen LogP contribution is -2.24. The Morgan fingerprint density at radius 2 is 1.84 bits per heavy atom. The second kappa shape index (κ2) is 8.33. The molecule has 2 unspecified atom stereocenters. The normalized spacial score (nSPS) is 22.3. The van der Waals surface area contributed by atoms with Crippen LogP contribution in [-0.2, 0) is 0 Å². The van der Waals surface area contributed by atoms with Gasteiger partial charge in [-0.05, 0) is 93.6 Å². The Morgan fingerprint density at radius 3 is 2.76 bits per heavy atom. The van der Waals surface area contributed by atoms with Crippen LogP contribution in [0.25, 0.3) is 28.3 Å². The molecule has 2 nitrogen and oxygen atoms in total. The van der Waals surface area contributed by atoms with Crippen molar-refractivity contribution in [1.82, 2.24) is 4.90 Å². The van der Waals surface area contributed by atoms with E-state index >= 15 is 0 Å². The Bertz CT molecular complexity index is 1680. The fourth-order valence-corrected chi connectivity index (χ4v) is 7.01. The Balaban J connectivity index is 1.15. The second-order valence-corrected chi connectivity index (χ2v) is 10.8. The monoisotopic (exact) mass is 488 g/mol. The fourth-order valence-electron chi connectivity index (χ4n) is 7.01. The van der Waals surface area contributed by atoms with Gasteiger partial charge in [0.2, 0.25) is 0 Å². The molecule has 8 rings (SSSR count). The third-order valence-electron chi connectivity index (χ3n) is 8.78. The number of hydrogen-bond donors (Lipinski definition) is 0. The minimum Gasteiger partial charge on any atom is -0.330 e. The van der Waals surface area contributed by atoms with Crippen LogP contribution in [0.15, 0.2) is 101 Å². The van der Waals surface area contributed by atoms with Crippen molar-refractivity contribution in [2.45, 2.75) is 37.6 Å². The van der Waals surface area contributed by atoms with Crippen molar-refractivity contribution >= 4 is 23.1 Å². The number of rotatable bonds is 3. The quantitative estimate of drug-likeness (QED) is 0.365. The molecule has 2 atom stereocenters. The Morgan fingerprint density at radius 1 is 0.947 bits per heavy atom. The van der Waals surface area contributed by atoms with Crippen molar-refractivity contribution in [1.29, 1.82) is 0 Å². The molecule has 4 aliphatic carbocycles. The van der Waals surface area contributed by atoms with Gasteiger partial charge in [0.25, 0.3) is 0 Å². The van der Waals surface area contributed by atoms with E-state index < -0.39 is 0 Å².